The first-order chi connectivity index (χ1) is 9.38. The molecule has 0 unspecified atom stereocenters. The Balaban J connectivity index is 1.98. The van der Waals surface area contributed by atoms with E-state index in [1.807, 2.05) is 0 Å². The van der Waals surface area contributed by atoms with Crippen molar-refractivity contribution in [1.29, 1.82) is 0 Å². The van der Waals surface area contributed by atoms with E-state index in [0.717, 1.165) is 11.7 Å². The number of anilines is 1. The van der Waals surface area contributed by atoms with Gasteiger partial charge in [0.1, 0.15) is 17.6 Å². The number of alkyl halides is 3. The summed E-state index contributed by atoms with van der Waals surface area (Å²) in [6.45, 7) is -1.24. The van der Waals surface area contributed by atoms with Crippen LogP contribution in [0.25, 0.3) is 11.0 Å². The first-order valence-electron chi connectivity index (χ1n) is 5.37. The first-order valence-corrected chi connectivity index (χ1v) is 6.86. The van der Waals surface area contributed by atoms with Gasteiger partial charge in [0.05, 0.1) is 34.1 Å². The predicted octanol–water partition coefficient (Wildman–Crippen LogP) is 3.99. The average molecular weight is 346 g/mol. The smallest absolute Gasteiger partial charge is 0.380 e. The minimum Gasteiger partial charge on any atom is -0.380 e. The minimum atomic E-state index is -4.33. The van der Waals surface area contributed by atoms with E-state index in [-0.39, 0.29) is 13.2 Å². The highest BCUT2D eigenvalue weighted by Crippen LogP contribution is 2.34. The van der Waals surface area contributed by atoms with Crippen LogP contribution in [0, 0.1) is 0 Å². The van der Waals surface area contributed by atoms with Crippen LogP contribution in [0.1, 0.15) is 0 Å². The Morgan fingerprint density at radius 2 is 1.90 bits per heavy atom. The van der Waals surface area contributed by atoms with E-state index in [2.05, 4.69) is 18.8 Å². The lowest BCUT2D eigenvalue weighted by Gasteiger charge is -2.11. The molecule has 2 aromatic rings. The Bertz CT molecular complexity index is 605. The maximum Gasteiger partial charge on any atom is 0.411 e. The van der Waals surface area contributed by atoms with Crippen LogP contribution >= 0.6 is 34.9 Å². The summed E-state index contributed by atoms with van der Waals surface area (Å²) in [6.07, 6.45) is -4.33. The van der Waals surface area contributed by atoms with Gasteiger partial charge in [0, 0.05) is 6.54 Å². The summed E-state index contributed by atoms with van der Waals surface area (Å²) in [4.78, 5) is 0. The summed E-state index contributed by atoms with van der Waals surface area (Å²) in [5, 5.41) is 3.57. The molecule has 20 heavy (non-hydrogen) atoms. The second kappa shape index (κ2) is 6.30. The molecule has 0 atom stereocenters. The largest absolute Gasteiger partial charge is 0.411 e. The maximum atomic E-state index is 11.9. The maximum absolute atomic E-state index is 11.9. The van der Waals surface area contributed by atoms with E-state index in [0.29, 0.717) is 26.8 Å². The molecule has 4 nitrogen and oxygen atoms in total. The van der Waals surface area contributed by atoms with Gasteiger partial charge in [-0.1, -0.05) is 23.2 Å². The molecule has 0 bridgehead atoms. The summed E-state index contributed by atoms with van der Waals surface area (Å²) in [6, 6.07) is 1.51. The van der Waals surface area contributed by atoms with Gasteiger partial charge in [0.25, 0.3) is 0 Å². The average Bonchev–Trinajstić information content (AvgIpc) is 2.80. The monoisotopic (exact) mass is 345 g/mol. The lowest BCUT2D eigenvalue weighted by Crippen LogP contribution is -2.20. The van der Waals surface area contributed by atoms with E-state index in [1.165, 1.54) is 6.07 Å². The second-order valence-corrected chi connectivity index (χ2v) is 5.11. The molecule has 0 saturated heterocycles. The molecule has 0 aliphatic rings. The summed E-state index contributed by atoms with van der Waals surface area (Å²) in [7, 11) is 0. The summed E-state index contributed by atoms with van der Waals surface area (Å²) < 4.78 is 48.2. The third-order valence-corrected chi connectivity index (χ3v) is 3.37. The number of nitrogens with zero attached hydrogens (tertiary/aromatic N) is 2. The Morgan fingerprint density at radius 1 is 1.20 bits per heavy atom. The molecule has 1 aromatic carbocycles. The molecule has 0 aliphatic carbocycles. The van der Waals surface area contributed by atoms with Crippen molar-refractivity contribution in [3.63, 3.8) is 0 Å². The van der Waals surface area contributed by atoms with Gasteiger partial charge in [0.2, 0.25) is 0 Å². The summed E-state index contributed by atoms with van der Waals surface area (Å²) in [5.74, 6) is 0. The zero-order valence-electron chi connectivity index (χ0n) is 9.80. The van der Waals surface area contributed by atoms with Crippen LogP contribution in [0.2, 0.25) is 10.0 Å². The Hall–Kier alpha value is -0.830. The standard InChI is InChI=1S/C10H8Cl2F3N3OS/c11-5-3-6(12)8-9(18-20-17-8)7(5)16-1-2-19-4-10(13,14)15/h3,16H,1-2,4H2. The number of halogens is 5. The molecule has 0 spiro atoms. The molecular formula is C10H8Cl2F3N3OS. The van der Waals surface area contributed by atoms with Crippen LogP contribution < -0.4 is 5.32 Å². The normalized spacial score (nSPS) is 12.1. The number of hydrogen-bond acceptors (Lipinski definition) is 5. The van der Waals surface area contributed by atoms with E-state index < -0.39 is 12.8 Å². The van der Waals surface area contributed by atoms with E-state index in [4.69, 9.17) is 23.2 Å². The fraction of sp³-hybridized carbons (Fsp3) is 0.400. The van der Waals surface area contributed by atoms with Crippen molar-refractivity contribution < 1.29 is 17.9 Å². The van der Waals surface area contributed by atoms with Gasteiger partial charge in [0.15, 0.2) is 0 Å². The van der Waals surface area contributed by atoms with Crippen LogP contribution in [0.15, 0.2) is 6.07 Å². The van der Waals surface area contributed by atoms with Gasteiger partial charge in [-0.3, -0.25) is 0 Å². The van der Waals surface area contributed by atoms with Crippen molar-refractivity contribution in [3.8, 4) is 0 Å². The molecule has 1 aromatic heterocycles. The number of benzene rings is 1. The lowest BCUT2D eigenvalue weighted by atomic mass is 10.2. The van der Waals surface area contributed by atoms with Gasteiger partial charge in [-0.2, -0.15) is 21.9 Å². The van der Waals surface area contributed by atoms with Crippen LogP contribution in [0.4, 0.5) is 18.9 Å². The van der Waals surface area contributed by atoms with Crippen molar-refractivity contribution in [2.24, 2.45) is 0 Å². The third kappa shape index (κ3) is 3.85. The van der Waals surface area contributed by atoms with E-state index >= 15 is 0 Å². The molecule has 0 amide bonds. The van der Waals surface area contributed by atoms with Crippen molar-refractivity contribution >= 4 is 51.7 Å². The van der Waals surface area contributed by atoms with Crippen LogP contribution in [0.5, 0.6) is 0 Å². The third-order valence-electron chi connectivity index (χ3n) is 2.26. The van der Waals surface area contributed by atoms with E-state index in [9.17, 15) is 13.2 Å². The molecule has 0 radical (unpaired) electrons. The van der Waals surface area contributed by atoms with Crippen LogP contribution in [0.3, 0.4) is 0 Å². The first kappa shape index (κ1) is 15.6. The van der Waals surface area contributed by atoms with Crippen molar-refractivity contribution in [3.05, 3.63) is 16.1 Å². The highest BCUT2D eigenvalue weighted by Gasteiger charge is 2.27. The number of aromatic nitrogens is 2. The van der Waals surface area contributed by atoms with Crippen molar-refractivity contribution in [2.75, 3.05) is 25.1 Å². The highest BCUT2D eigenvalue weighted by atomic mass is 35.5. The number of hydrogen-bond donors (Lipinski definition) is 1. The Kier molecular flexibility index (Phi) is 4.90. The number of ether oxygens (including phenoxy) is 1. The molecule has 1 heterocycles. The molecular weight excluding hydrogens is 338 g/mol. The number of nitrogens with one attached hydrogen (secondary N) is 1. The molecule has 110 valence electrons. The van der Waals surface area contributed by atoms with Gasteiger partial charge in [-0.05, 0) is 6.07 Å². The number of fused-ring (bicyclic) bond motifs is 1. The zero-order chi connectivity index (χ0) is 14.8. The molecule has 0 fully saturated rings. The second-order valence-electron chi connectivity index (χ2n) is 3.77. The SMILES string of the molecule is FC(F)(F)COCCNc1c(Cl)cc(Cl)c2nsnc12. The van der Waals surface area contributed by atoms with Crippen LogP contribution in [-0.4, -0.2) is 34.7 Å². The Morgan fingerprint density at radius 3 is 2.60 bits per heavy atom. The fourth-order valence-corrected chi connectivity index (χ4v) is 2.66. The van der Waals surface area contributed by atoms with Crippen LogP contribution in [-0.2, 0) is 4.74 Å². The zero-order valence-corrected chi connectivity index (χ0v) is 12.1. The molecule has 10 heteroatoms. The van der Waals surface area contributed by atoms with Gasteiger partial charge < -0.3 is 10.1 Å². The Labute approximate surface area is 126 Å². The molecule has 2 rings (SSSR count). The minimum absolute atomic E-state index is 0.114. The highest BCUT2D eigenvalue weighted by molar-refractivity contribution is 7.00. The van der Waals surface area contributed by atoms with Gasteiger partial charge in [-0.25, -0.2) is 0 Å². The van der Waals surface area contributed by atoms with Crippen molar-refractivity contribution in [2.45, 2.75) is 6.18 Å². The topological polar surface area (TPSA) is 47.0 Å². The summed E-state index contributed by atoms with van der Waals surface area (Å²) in [5.41, 5.74) is 1.47. The molecule has 1 N–H and O–H groups in total. The summed E-state index contributed by atoms with van der Waals surface area (Å²) >= 11 is 12.9. The van der Waals surface area contributed by atoms with Crippen molar-refractivity contribution in [1.82, 2.24) is 8.75 Å². The lowest BCUT2D eigenvalue weighted by molar-refractivity contribution is -0.172. The fourth-order valence-electron chi connectivity index (χ4n) is 1.48. The van der Waals surface area contributed by atoms with Gasteiger partial charge in [-0.15, -0.1) is 0 Å². The molecule has 0 saturated carbocycles. The van der Waals surface area contributed by atoms with E-state index in [1.54, 1.807) is 0 Å². The molecule has 0 aliphatic heterocycles. The quantitative estimate of drug-likeness (QED) is 0.832. The number of rotatable bonds is 5. The van der Waals surface area contributed by atoms with Gasteiger partial charge >= 0.3 is 6.18 Å². The predicted molar refractivity (Wildman–Crippen MR) is 72.8 cm³/mol.